The highest BCUT2D eigenvalue weighted by molar-refractivity contribution is 6.33. The van der Waals surface area contributed by atoms with Gasteiger partial charge in [0.1, 0.15) is 0 Å². The molecule has 25 heavy (non-hydrogen) atoms. The lowest BCUT2D eigenvalue weighted by Crippen LogP contribution is -2.33. The Morgan fingerprint density at radius 3 is 2.32 bits per heavy atom. The van der Waals surface area contributed by atoms with Crippen molar-refractivity contribution in [3.8, 4) is 0 Å². The Labute approximate surface area is 150 Å². The van der Waals surface area contributed by atoms with Gasteiger partial charge in [0.15, 0.2) is 0 Å². The molecule has 0 saturated carbocycles. The monoisotopic (exact) mass is 360 g/mol. The predicted octanol–water partition coefficient (Wildman–Crippen LogP) is 2.89. The van der Waals surface area contributed by atoms with E-state index in [-0.39, 0.29) is 24.3 Å². The van der Waals surface area contributed by atoms with Crippen LogP contribution in [0.5, 0.6) is 0 Å². The number of anilines is 1. The lowest BCUT2D eigenvalue weighted by atomic mass is 10.2. The maximum Gasteiger partial charge on any atom is 0.340 e. The zero-order valence-corrected chi connectivity index (χ0v) is 14.3. The van der Waals surface area contributed by atoms with Gasteiger partial charge in [-0.25, -0.2) is 4.79 Å². The first-order valence-corrected chi connectivity index (χ1v) is 7.99. The van der Waals surface area contributed by atoms with E-state index >= 15 is 0 Å². The third-order valence-electron chi connectivity index (χ3n) is 3.22. The first-order chi connectivity index (χ1) is 12.0. The number of esters is 1. The molecule has 0 bridgehead atoms. The Bertz CT molecular complexity index is 792. The van der Waals surface area contributed by atoms with Crippen molar-refractivity contribution in [1.82, 2.24) is 5.32 Å². The first-order valence-electron chi connectivity index (χ1n) is 7.61. The van der Waals surface area contributed by atoms with Crippen molar-refractivity contribution in [1.29, 1.82) is 0 Å². The van der Waals surface area contributed by atoms with E-state index in [2.05, 4.69) is 10.6 Å². The van der Waals surface area contributed by atoms with Crippen LogP contribution in [0.3, 0.4) is 0 Å². The highest BCUT2D eigenvalue weighted by Crippen LogP contribution is 2.16. The third-order valence-corrected chi connectivity index (χ3v) is 3.55. The summed E-state index contributed by atoms with van der Waals surface area (Å²) < 4.78 is 4.94. The number of rotatable bonds is 6. The van der Waals surface area contributed by atoms with E-state index in [0.717, 1.165) is 0 Å². The summed E-state index contributed by atoms with van der Waals surface area (Å²) in [6.45, 7) is 1.67. The fourth-order valence-electron chi connectivity index (χ4n) is 2.07. The van der Waals surface area contributed by atoms with E-state index in [9.17, 15) is 14.4 Å². The summed E-state index contributed by atoms with van der Waals surface area (Å²) in [5.74, 6) is -1.46. The van der Waals surface area contributed by atoms with Crippen molar-refractivity contribution in [2.75, 3.05) is 18.5 Å². The minimum Gasteiger partial charge on any atom is -0.462 e. The zero-order chi connectivity index (χ0) is 18.2. The molecule has 130 valence electrons. The second-order valence-corrected chi connectivity index (χ2v) is 5.38. The number of para-hydroxylation sites is 1. The number of hydrogen-bond donors (Lipinski definition) is 2. The van der Waals surface area contributed by atoms with Crippen LogP contribution in [0, 0.1) is 0 Å². The Balaban J connectivity index is 1.98. The number of carbonyl (C=O) groups excluding carboxylic acids is 3. The van der Waals surface area contributed by atoms with Gasteiger partial charge in [0.2, 0.25) is 5.91 Å². The maximum absolute atomic E-state index is 12.1. The van der Waals surface area contributed by atoms with Gasteiger partial charge >= 0.3 is 5.97 Å². The first kappa shape index (κ1) is 18.5. The summed E-state index contributed by atoms with van der Waals surface area (Å²) in [6.07, 6.45) is 0. The molecule has 0 aliphatic heterocycles. The van der Waals surface area contributed by atoms with Gasteiger partial charge in [0.25, 0.3) is 5.91 Å². The van der Waals surface area contributed by atoms with E-state index in [1.165, 1.54) is 0 Å². The second-order valence-electron chi connectivity index (χ2n) is 4.98. The van der Waals surface area contributed by atoms with Gasteiger partial charge in [-0.3, -0.25) is 9.59 Å². The number of ether oxygens (including phenoxy) is 1. The Kier molecular flexibility index (Phi) is 6.54. The van der Waals surface area contributed by atoms with Crippen molar-refractivity contribution in [3.63, 3.8) is 0 Å². The Hall–Kier alpha value is -2.86. The van der Waals surface area contributed by atoms with Crippen molar-refractivity contribution >= 4 is 35.1 Å². The number of carbonyl (C=O) groups is 3. The molecule has 0 aromatic heterocycles. The van der Waals surface area contributed by atoms with Crippen LogP contribution in [0.15, 0.2) is 48.5 Å². The number of nitrogens with one attached hydrogen (secondary N) is 2. The molecule has 0 atom stereocenters. The average molecular weight is 361 g/mol. The molecule has 2 rings (SSSR count). The van der Waals surface area contributed by atoms with Crippen LogP contribution in [0.25, 0.3) is 0 Å². The lowest BCUT2D eigenvalue weighted by Gasteiger charge is -2.11. The van der Waals surface area contributed by atoms with Crippen LogP contribution >= 0.6 is 11.6 Å². The molecule has 0 aliphatic rings. The lowest BCUT2D eigenvalue weighted by molar-refractivity contribution is -0.115. The summed E-state index contributed by atoms with van der Waals surface area (Å²) in [6, 6.07) is 13.0. The van der Waals surface area contributed by atoms with Gasteiger partial charge in [-0.1, -0.05) is 35.9 Å². The van der Waals surface area contributed by atoms with Gasteiger partial charge in [0, 0.05) is 0 Å². The summed E-state index contributed by atoms with van der Waals surface area (Å²) in [7, 11) is 0. The molecule has 7 heteroatoms. The third kappa shape index (κ3) is 5.06. The molecule has 0 spiro atoms. The summed E-state index contributed by atoms with van der Waals surface area (Å²) in [5, 5.41) is 5.36. The molecule has 6 nitrogen and oxygen atoms in total. The van der Waals surface area contributed by atoms with Crippen molar-refractivity contribution in [2.24, 2.45) is 0 Å². The van der Waals surface area contributed by atoms with Gasteiger partial charge in [-0.2, -0.15) is 0 Å². The predicted molar refractivity (Wildman–Crippen MR) is 94.8 cm³/mol. The van der Waals surface area contributed by atoms with E-state index < -0.39 is 17.8 Å². The number of hydrogen-bond acceptors (Lipinski definition) is 4. The smallest absolute Gasteiger partial charge is 0.340 e. The Morgan fingerprint density at radius 2 is 1.64 bits per heavy atom. The molecule has 2 amide bonds. The standard InChI is InChI=1S/C18H17ClN2O4/c1-2-25-18(24)13-8-4-6-10-15(13)21-16(22)11-20-17(23)12-7-3-5-9-14(12)19/h3-10H,2,11H2,1H3,(H,20,23)(H,21,22). The van der Waals surface area contributed by atoms with Crippen LogP contribution in [-0.2, 0) is 9.53 Å². The fourth-order valence-corrected chi connectivity index (χ4v) is 2.30. The molecule has 0 radical (unpaired) electrons. The molecule has 0 aliphatic carbocycles. The Morgan fingerprint density at radius 1 is 1.00 bits per heavy atom. The quantitative estimate of drug-likeness (QED) is 0.776. The van der Waals surface area contributed by atoms with Crippen LogP contribution < -0.4 is 10.6 Å². The van der Waals surface area contributed by atoms with E-state index in [4.69, 9.17) is 16.3 Å². The molecule has 0 saturated heterocycles. The summed E-state index contributed by atoms with van der Waals surface area (Å²) in [5.41, 5.74) is 0.844. The highest BCUT2D eigenvalue weighted by atomic mass is 35.5. The number of halogens is 1. The molecule has 0 unspecified atom stereocenters. The summed E-state index contributed by atoms with van der Waals surface area (Å²) >= 11 is 5.94. The zero-order valence-electron chi connectivity index (χ0n) is 13.5. The number of amides is 2. The molecular weight excluding hydrogens is 344 g/mol. The molecule has 0 heterocycles. The minimum atomic E-state index is -0.529. The van der Waals surface area contributed by atoms with Gasteiger partial charge < -0.3 is 15.4 Å². The molecule has 0 fully saturated rings. The van der Waals surface area contributed by atoms with Crippen molar-refractivity contribution in [2.45, 2.75) is 6.92 Å². The fraction of sp³-hybridized carbons (Fsp3) is 0.167. The molecule has 2 aromatic carbocycles. The van der Waals surface area contributed by atoms with Gasteiger partial charge in [-0.05, 0) is 31.2 Å². The second kappa shape index (κ2) is 8.84. The van der Waals surface area contributed by atoms with Crippen LogP contribution in [0.1, 0.15) is 27.6 Å². The van der Waals surface area contributed by atoms with Crippen molar-refractivity contribution < 1.29 is 19.1 Å². The molecule has 2 aromatic rings. The molecular formula is C18H17ClN2O4. The van der Waals surface area contributed by atoms with Gasteiger partial charge in [-0.15, -0.1) is 0 Å². The largest absolute Gasteiger partial charge is 0.462 e. The highest BCUT2D eigenvalue weighted by Gasteiger charge is 2.15. The molecule has 2 N–H and O–H groups in total. The number of benzene rings is 2. The maximum atomic E-state index is 12.1. The summed E-state index contributed by atoms with van der Waals surface area (Å²) in [4.78, 5) is 36.0. The van der Waals surface area contributed by atoms with Crippen LogP contribution in [0.4, 0.5) is 5.69 Å². The minimum absolute atomic E-state index is 0.231. The van der Waals surface area contributed by atoms with Crippen molar-refractivity contribution in [3.05, 3.63) is 64.7 Å². The SMILES string of the molecule is CCOC(=O)c1ccccc1NC(=O)CNC(=O)c1ccccc1Cl. The normalized spacial score (nSPS) is 10.0. The van der Waals surface area contributed by atoms with E-state index in [1.54, 1.807) is 55.5 Å². The van der Waals surface area contributed by atoms with E-state index in [0.29, 0.717) is 10.7 Å². The van der Waals surface area contributed by atoms with Crippen LogP contribution in [-0.4, -0.2) is 30.9 Å². The topological polar surface area (TPSA) is 84.5 Å². The average Bonchev–Trinajstić information content (AvgIpc) is 2.60. The van der Waals surface area contributed by atoms with Crippen LogP contribution in [0.2, 0.25) is 5.02 Å². The van der Waals surface area contributed by atoms with Gasteiger partial charge in [0.05, 0.1) is 35.0 Å². The van der Waals surface area contributed by atoms with E-state index in [1.807, 2.05) is 0 Å².